The summed E-state index contributed by atoms with van der Waals surface area (Å²) in [5.74, 6) is 2.19. The van der Waals surface area contributed by atoms with Gasteiger partial charge in [-0.3, -0.25) is 4.57 Å². The van der Waals surface area contributed by atoms with Crippen molar-refractivity contribution < 1.29 is 9.15 Å². The summed E-state index contributed by atoms with van der Waals surface area (Å²) < 4.78 is 17.5. The van der Waals surface area contributed by atoms with E-state index in [1.54, 1.807) is 0 Å². The van der Waals surface area contributed by atoms with E-state index in [2.05, 4.69) is 106 Å². The van der Waals surface area contributed by atoms with Crippen LogP contribution in [0.25, 0.3) is 99.3 Å². The first-order valence-electron chi connectivity index (χ1n) is 16.8. The van der Waals surface area contributed by atoms with Gasteiger partial charge in [-0.1, -0.05) is 84.9 Å². The molecule has 0 amide bonds. The van der Waals surface area contributed by atoms with Crippen LogP contribution in [0.1, 0.15) is 0 Å². The number of rotatable bonds is 2. The van der Waals surface area contributed by atoms with Crippen molar-refractivity contribution in [3.05, 3.63) is 146 Å². The first kappa shape index (κ1) is 26.1. The minimum atomic E-state index is 0.619. The van der Waals surface area contributed by atoms with Gasteiger partial charge in [0.15, 0.2) is 5.58 Å². The quantitative estimate of drug-likeness (QED) is 0.189. The summed E-state index contributed by atoms with van der Waals surface area (Å²) in [6.07, 6.45) is 0. The van der Waals surface area contributed by atoms with E-state index in [1.165, 1.54) is 10.8 Å². The molecular formula is C44H24N4O2. The van der Waals surface area contributed by atoms with Gasteiger partial charge in [0.25, 0.3) is 0 Å². The van der Waals surface area contributed by atoms with Crippen molar-refractivity contribution in [3.8, 4) is 34.4 Å². The Morgan fingerprint density at radius 2 is 1.12 bits per heavy atom. The molecule has 0 saturated carbocycles. The average Bonchev–Trinajstić information content (AvgIpc) is 3.81. The van der Waals surface area contributed by atoms with Crippen molar-refractivity contribution in [1.82, 2.24) is 19.1 Å². The minimum absolute atomic E-state index is 0.619. The van der Waals surface area contributed by atoms with Crippen LogP contribution in [0.4, 0.5) is 0 Å². The normalized spacial score (nSPS) is 12.6. The molecule has 6 heteroatoms. The highest BCUT2D eigenvalue weighted by Crippen LogP contribution is 2.46. The van der Waals surface area contributed by atoms with Gasteiger partial charge in [0.2, 0.25) is 5.95 Å². The lowest BCUT2D eigenvalue weighted by atomic mass is 10.0. The molecule has 0 spiro atoms. The fraction of sp³-hybridized carbons (Fsp3) is 0. The van der Waals surface area contributed by atoms with E-state index in [9.17, 15) is 0 Å². The number of nitrogens with zero attached hydrogens (tertiary/aromatic N) is 4. The Labute approximate surface area is 284 Å². The number of benzene rings is 7. The predicted octanol–water partition coefficient (Wildman–Crippen LogP) is 11.5. The molecule has 0 radical (unpaired) electrons. The molecule has 0 unspecified atom stereocenters. The SMILES string of the molecule is c1ccc2c(c1)Oc1cccc3nc(-n4c5ccccc5c5cc6c7ccccc7n(-c7cccc8c7oc7ccccc78)c6cc54)nc-2c13. The molecule has 50 heavy (non-hydrogen) atoms. The highest BCUT2D eigenvalue weighted by atomic mass is 16.5. The first-order chi connectivity index (χ1) is 24.8. The molecule has 0 aliphatic carbocycles. The van der Waals surface area contributed by atoms with Crippen LogP contribution in [0.15, 0.2) is 150 Å². The number of para-hydroxylation sites is 5. The number of ether oxygens (including phenoxy) is 1. The maximum Gasteiger partial charge on any atom is 0.235 e. The molecule has 0 bridgehead atoms. The molecule has 232 valence electrons. The van der Waals surface area contributed by atoms with Crippen LogP contribution in [-0.2, 0) is 0 Å². The fourth-order valence-electron chi connectivity index (χ4n) is 8.20. The zero-order chi connectivity index (χ0) is 32.5. The van der Waals surface area contributed by atoms with E-state index >= 15 is 0 Å². The summed E-state index contributed by atoms with van der Waals surface area (Å²) in [5, 5.41) is 7.79. The Bertz CT molecular complexity index is 3250. The van der Waals surface area contributed by atoms with E-state index in [1.807, 2.05) is 48.5 Å². The van der Waals surface area contributed by atoms with E-state index in [4.69, 9.17) is 19.1 Å². The van der Waals surface area contributed by atoms with Gasteiger partial charge in [-0.15, -0.1) is 0 Å². The van der Waals surface area contributed by atoms with Crippen LogP contribution in [-0.4, -0.2) is 19.1 Å². The summed E-state index contributed by atoms with van der Waals surface area (Å²) in [6.45, 7) is 0. The molecule has 1 aliphatic rings. The van der Waals surface area contributed by atoms with Crippen molar-refractivity contribution in [2.45, 2.75) is 0 Å². The Balaban J connectivity index is 1.22. The smallest absolute Gasteiger partial charge is 0.235 e. The number of hydrogen-bond acceptors (Lipinski definition) is 4. The molecule has 5 heterocycles. The standard InChI is InChI=1S/C44H24N4O2/c1-5-17-33-25(11-1)30-23-31-26-12-2-6-18-34(26)48(44-45-32-16-10-22-40-41(32)42(46-44)29-14-4-8-21-39(29)49-40)37(31)24-36(30)47(33)35-19-9-15-28-27-13-3-7-20-38(27)50-43(28)35/h1-24H. The predicted molar refractivity (Wildman–Crippen MR) is 201 cm³/mol. The second kappa shape index (κ2) is 9.36. The Morgan fingerprint density at radius 3 is 1.98 bits per heavy atom. The van der Waals surface area contributed by atoms with Crippen LogP contribution < -0.4 is 4.74 Å². The van der Waals surface area contributed by atoms with Crippen molar-refractivity contribution in [1.29, 1.82) is 0 Å². The molecule has 4 aromatic heterocycles. The zero-order valence-corrected chi connectivity index (χ0v) is 26.5. The molecule has 6 nitrogen and oxygen atoms in total. The Hall–Kier alpha value is -6.92. The molecule has 1 aliphatic heterocycles. The van der Waals surface area contributed by atoms with Gasteiger partial charge in [0.1, 0.15) is 17.1 Å². The van der Waals surface area contributed by atoms with Gasteiger partial charge in [-0.05, 0) is 60.7 Å². The monoisotopic (exact) mass is 640 g/mol. The topological polar surface area (TPSA) is 58.0 Å². The van der Waals surface area contributed by atoms with Crippen molar-refractivity contribution in [2.75, 3.05) is 0 Å². The second-order valence-electron chi connectivity index (χ2n) is 13.0. The molecule has 12 rings (SSSR count). The third kappa shape index (κ3) is 3.32. The number of fused-ring (bicyclic) bond motifs is 11. The van der Waals surface area contributed by atoms with Gasteiger partial charge < -0.3 is 13.7 Å². The maximum atomic E-state index is 6.59. The van der Waals surface area contributed by atoms with E-state index < -0.39 is 0 Å². The molecule has 7 aromatic carbocycles. The molecule has 0 N–H and O–H groups in total. The molecular weight excluding hydrogens is 617 g/mol. The van der Waals surface area contributed by atoms with Crippen molar-refractivity contribution in [3.63, 3.8) is 0 Å². The van der Waals surface area contributed by atoms with Gasteiger partial charge in [0, 0.05) is 37.9 Å². The second-order valence-corrected chi connectivity index (χ2v) is 13.0. The maximum absolute atomic E-state index is 6.59. The summed E-state index contributed by atoms with van der Waals surface area (Å²) in [6, 6.07) is 50.6. The van der Waals surface area contributed by atoms with Crippen LogP contribution in [0, 0.1) is 0 Å². The van der Waals surface area contributed by atoms with Gasteiger partial charge in [-0.25, -0.2) is 9.97 Å². The van der Waals surface area contributed by atoms with Crippen LogP contribution in [0.3, 0.4) is 0 Å². The third-order valence-corrected chi connectivity index (χ3v) is 10.3. The van der Waals surface area contributed by atoms with Gasteiger partial charge >= 0.3 is 0 Å². The van der Waals surface area contributed by atoms with Crippen molar-refractivity contribution in [2.24, 2.45) is 0 Å². The van der Waals surface area contributed by atoms with Crippen LogP contribution in [0.2, 0.25) is 0 Å². The summed E-state index contributed by atoms with van der Waals surface area (Å²) >= 11 is 0. The number of aromatic nitrogens is 4. The lowest BCUT2D eigenvalue weighted by Gasteiger charge is -2.21. The van der Waals surface area contributed by atoms with Gasteiger partial charge in [0.05, 0.1) is 44.4 Å². The number of hydrogen-bond donors (Lipinski definition) is 0. The highest BCUT2D eigenvalue weighted by Gasteiger charge is 2.25. The van der Waals surface area contributed by atoms with E-state index in [0.717, 1.165) is 94.1 Å². The fourth-order valence-corrected chi connectivity index (χ4v) is 8.20. The molecule has 11 aromatic rings. The molecule has 0 saturated heterocycles. The zero-order valence-electron chi connectivity index (χ0n) is 26.5. The minimum Gasteiger partial charge on any atom is -0.456 e. The first-order valence-corrected chi connectivity index (χ1v) is 16.8. The lowest BCUT2D eigenvalue weighted by Crippen LogP contribution is -2.06. The number of furan rings is 1. The summed E-state index contributed by atoms with van der Waals surface area (Å²) in [5.41, 5.74) is 9.71. The third-order valence-electron chi connectivity index (χ3n) is 10.3. The highest BCUT2D eigenvalue weighted by molar-refractivity contribution is 6.20. The lowest BCUT2D eigenvalue weighted by molar-refractivity contribution is 0.486. The largest absolute Gasteiger partial charge is 0.456 e. The Morgan fingerprint density at radius 1 is 0.460 bits per heavy atom. The molecule has 0 atom stereocenters. The Kier molecular flexibility index (Phi) is 4.89. The average molecular weight is 641 g/mol. The van der Waals surface area contributed by atoms with E-state index in [-0.39, 0.29) is 0 Å². The van der Waals surface area contributed by atoms with E-state index in [0.29, 0.717) is 5.95 Å². The molecule has 0 fully saturated rings. The van der Waals surface area contributed by atoms with Crippen molar-refractivity contribution >= 4 is 76.5 Å². The van der Waals surface area contributed by atoms with Gasteiger partial charge in [-0.2, -0.15) is 0 Å². The summed E-state index contributed by atoms with van der Waals surface area (Å²) in [7, 11) is 0. The van der Waals surface area contributed by atoms with Crippen LogP contribution >= 0.6 is 0 Å². The summed E-state index contributed by atoms with van der Waals surface area (Å²) in [4.78, 5) is 10.5. The van der Waals surface area contributed by atoms with Crippen LogP contribution in [0.5, 0.6) is 11.5 Å².